The van der Waals surface area contributed by atoms with E-state index in [1.165, 1.54) is 0 Å². The van der Waals surface area contributed by atoms with Gasteiger partial charge < -0.3 is 5.11 Å². The number of hydrogen-bond donors (Lipinski definition) is 1. The first-order valence-corrected chi connectivity index (χ1v) is 7.74. The molecular formula is C13H15FO4S. The summed E-state index contributed by atoms with van der Waals surface area (Å²) in [6.45, 7) is 0. The number of carbonyl (C=O) groups is 1. The molecule has 4 nitrogen and oxygen atoms in total. The van der Waals surface area contributed by atoms with Crippen LogP contribution in [0.15, 0.2) is 23.1 Å². The van der Waals surface area contributed by atoms with Gasteiger partial charge in [0.2, 0.25) is 0 Å². The molecule has 1 aliphatic rings. The highest BCUT2D eigenvalue weighted by atomic mass is 32.2. The molecule has 1 aromatic rings. The van der Waals surface area contributed by atoms with E-state index >= 15 is 0 Å². The van der Waals surface area contributed by atoms with Crippen LogP contribution < -0.4 is 0 Å². The van der Waals surface area contributed by atoms with E-state index in [0.29, 0.717) is 12.8 Å². The second-order valence-corrected chi connectivity index (χ2v) is 6.95. The molecular weight excluding hydrogens is 271 g/mol. The van der Waals surface area contributed by atoms with Crippen molar-refractivity contribution in [3.05, 3.63) is 29.6 Å². The summed E-state index contributed by atoms with van der Waals surface area (Å²) in [6, 6.07) is 2.89. The second-order valence-electron chi connectivity index (χ2n) is 4.76. The van der Waals surface area contributed by atoms with Gasteiger partial charge in [-0.2, -0.15) is 0 Å². The quantitative estimate of drug-likeness (QED) is 0.927. The third-order valence-electron chi connectivity index (χ3n) is 3.48. The smallest absolute Gasteiger partial charge is 0.335 e. The normalized spacial score (nSPS) is 17.3. The largest absolute Gasteiger partial charge is 0.478 e. The van der Waals surface area contributed by atoms with E-state index in [1.807, 2.05) is 0 Å². The first-order chi connectivity index (χ1) is 8.93. The Morgan fingerprint density at radius 1 is 1.21 bits per heavy atom. The molecule has 0 saturated heterocycles. The molecule has 6 heteroatoms. The fourth-order valence-electron chi connectivity index (χ4n) is 2.41. The van der Waals surface area contributed by atoms with E-state index in [9.17, 15) is 17.6 Å². The monoisotopic (exact) mass is 286 g/mol. The number of rotatable bonds is 3. The lowest BCUT2D eigenvalue weighted by atomic mass is 10.0. The molecule has 0 atom stereocenters. The van der Waals surface area contributed by atoms with Gasteiger partial charge in [-0.3, -0.25) is 0 Å². The zero-order chi connectivity index (χ0) is 14.0. The van der Waals surface area contributed by atoms with Crippen molar-refractivity contribution in [3.8, 4) is 0 Å². The highest BCUT2D eigenvalue weighted by Crippen LogP contribution is 2.30. The number of hydrogen-bond acceptors (Lipinski definition) is 3. The fourth-order valence-corrected chi connectivity index (χ4v) is 4.35. The maximum atomic E-state index is 13.7. The molecule has 0 bridgehead atoms. The molecule has 1 fully saturated rings. The average Bonchev–Trinajstić information content (AvgIpc) is 2.39. The van der Waals surface area contributed by atoms with Gasteiger partial charge in [0.15, 0.2) is 9.84 Å². The molecule has 1 aromatic carbocycles. The van der Waals surface area contributed by atoms with Gasteiger partial charge in [-0.1, -0.05) is 19.3 Å². The van der Waals surface area contributed by atoms with Gasteiger partial charge in [-0.25, -0.2) is 17.6 Å². The Balaban J connectivity index is 2.44. The second kappa shape index (κ2) is 5.28. The summed E-state index contributed by atoms with van der Waals surface area (Å²) in [5.74, 6) is -2.14. The third-order valence-corrected chi connectivity index (χ3v) is 5.75. The van der Waals surface area contributed by atoms with Crippen LogP contribution in [0.4, 0.5) is 4.39 Å². The lowest BCUT2D eigenvalue weighted by Crippen LogP contribution is -2.25. The molecule has 104 valence electrons. The predicted octanol–water partition coefficient (Wildman–Crippen LogP) is 2.63. The molecule has 1 N–H and O–H groups in total. The van der Waals surface area contributed by atoms with Crippen molar-refractivity contribution in [1.29, 1.82) is 0 Å². The molecule has 19 heavy (non-hydrogen) atoms. The van der Waals surface area contributed by atoms with Crippen molar-refractivity contribution in [2.24, 2.45) is 0 Å². The minimum atomic E-state index is -3.79. The van der Waals surface area contributed by atoms with Crippen molar-refractivity contribution in [3.63, 3.8) is 0 Å². The summed E-state index contributed by atoms with van der Waals surface area (Å²) in [7, 11) is -3.79. The molecule has 0 aliphatic heterocycles. The number of halogens is 1. The highest BCUT2D eigenvalue weighted by Gasteiger charge is 2.31. The number of carboxylic acid groups (broad SMARTS) is 1. The maximum Gasteiger partial charge on any atom is 0.335 e. The van der Waals surface area contributed by atoms with E-state index in [0.717, 1.165) is 37.5 Å². The van der Waals surface area contributed by atoms with E-state index < -0.39 is 31.8 Å². The van der Waals surface area contributed by atoms with Crippen LogP contribution in [0.25, 0.3) is 0 Å². The Morgan fingerprint density at radius 3 is 2.42 bits per heavy atom. The van der Waals surface area contributed by atoms with Gasteiger partial charge in [0.05, 0.1) is 10.8 Å². The Labute approximate surface area is 111 Å². The van der Waals surface area contributed by atoms with E-state index in [-0.39, 0.29) is 5.56 Å². The van der Waals surface area contributed by atoms with Gasteiger partial charge in [-0.05, 0) is 31.0 Å². The Bertz CT molecular complexity index is 589. The van der Waals surface area contributed by atoms with Crippen LogP contribution in [0.1, 0.15) is 42.5 Å². The van der Waals surface area contributed by atoms with Crippen LogP contribution in [0, 0.1) is 5.82 Å². The summed E-state index contributed by atoms with van der Waals surface area (Å²) in [5, 5.41) is 8.26. The molecule has 0 heterocycles. The molecule has 0 spiro atoms. The van der Waals surface area contributed by atoms with Gasteiger partial charge in [0.1, 0.15) is 10.7 Å². The first kappa shape index (κ1) is 14.0. The SMILES string of the molecule is O=C(O)c1ccc(F)c(S(=O)(=O)C2CCCCC2)c1. The maximum absolute atomic E-state index is 13.7. The van der Waals surface area contributed by atoms with Gasteiger partial charge in [0.25, 0.3) is 0 Å². The number of sulfone groups is 1. The molecule has 1 saturated carbocycles. The van der Waals surface area contributed by atoms with E-state index in [4.69, 9.17) is 5.11 Å². The molecule has 2 rings (SSSR count). The predicted molar refractivity (Wildman–Crippen MR) is 67.4 cm³/mol. The van der Waals surface area contributed by atoms with Gasteiger partial charge in [0, 0.05) is 0 Å². The van der Waals surface area contributed by atoms with Crippen LogP contribution in [-0.2, 0) is 9.84 Å². The third kappa shape index (κ3) is 2.78. The van der Waals surface area contributed by atoms with Crippen LogP contribution in [0.3, 0.4) is 0 Å². The van der Waals surface area contributed by atoms with Gasteiger partial charge in [-0.15, -0.1) is 0 Å². The van der Waals surface area contributed by atoms with Crippen LogP contribution in [0.5, 0.6) is 0 Å². The molecule has 0 unspecified atom stereocenters. The van der Waals surface area contributed by atoms with Crippen LogP contribution in [-0.4, -0.2) is 24.7 Å². The Morgan fingerprint density at radius 2 is 1.84 bits per heavy atom. The Kier molecular flexibility index (Phi) is 3.89. The van der Waals surface area contributed by atoms with Gasteiger partial charge >= 0.3 is 5.97 Å². The summed E-state index contributed by atoms with van der Waals surface area (Å²) in [4.78, 5) is 10.4. The van der Waals surface area contributed by atoms with Crippen molar-refractivity contribution in [1.82, 2.24) is 0 Å². The molecule has 0 aromatic heterocycles. The summed E-state index contributed by atoms with van der Waals surface area (Å²) in [6.07, 6.45) is 3.64. The standard InChI is InChI=1S/C13H15FO4S/c14-11-7-6-9(13(15)16)8-12(11)19(17,18)10-4-2-1-3-5-10/h6-8,10H,1-5H2,(H,15,16). The lowest BCUT2D eigenvalue weighted by molar-refractivity contribution is 0.0696. The van der Waals surface area contributed by atoms with Crippen LogP contribution in [0.2, 0.25) is 0 Å². The summed E-state index contributed by atoms with van der Waals surface area (Å²) in [5.41, 5.74) is -0.212. The fraction of sp³-hybridized carbons (Fsp3) is 0.462. The minimum absolute atomic E-state index is 0.212. The van der Waals surface area contributed by atoms with Crippen molar-refractivity contribution >= 4 is 15.8 Å². The first-order valence-electron chi connectivity index (χ1n) is 6.19. The van der Waals surface area contributed by atoms with Crippen LogP contribution >= 0.6 is 0 Å². The summed E-state index contributed by atoms with van der Waals surface area (Å²) >= 11 is 0. The topological polar surface area (TPSA) is 71.4 Å². The summed E-state index contributed by atoms with van der Waals surface area (Å²) < 4.78 is 38.4. The molecule has 0 amide bonds. The van der Waals surface area contributed by atoms with Crippen molar-refractivity contribution < 1.29 is 22.7 Å². The van der Waals surface area contributed by atoms with E-state index in [2.05, 4.69) is 0 Å². The van der Waals surface area contributed by atoms with Crippen molar-refractivity contribution in [2.75, 3.05) is 0 Å². The zero-order valence-electron chi connectivity index (χ0n) is 10.3. The average molecular weight is 286 g/mol. The number of benzene rings is 1. The number of aromatic carboxylic acids is 1. The van der Waals surface area contributed by atoms with E-state index in [1.54, 1.807) is 0 Å². The molecule has 1 aliphatic carbocycles. The minimum Gasteiger partial charge on any atom is -0.478 e. The molecule has 0 radical (unpaired) electrons. The zero-order valence-corrected chi connectivity index (χ0v) is 11.1. The lowest BCUT2D eigenvalue weighted by Gasteiger charge is -2.22. The Hall–Kier alpha value is -1.43. The highest BCUT2D eigenvalue weighted by molar-refractivity contribution is 7.92. The van der Waals surface area contributed by atoms with Crippen molar-refractivity contribution in [2.45, 2.75) is 42.2 Å². The number of carboxylic acids is 1.